The molecule has 3 aromatic heterocycles. The van der Waals surface area contributed by atoms with Gasteiger partial charge in [-0.25, -0.2) is 9.97 Å². The quantitative estimate of drug-likeness (QED) is 0.431. The van der Waals surface area contributed by atoms with Gasteiger partial charge in [-0.15, -0.1) is 11.3 Å². The molecule has 1 saturated carbocycles. The predicted molar refractivity (Wildman–Crippen MR) is 141 cm³/mol. The van der Waals surface area contributed by atoms with Crippen LogP contribution in [0.2, 0.25) is 0 Å². The number of rotatable bonds is 5. The molecule has 1 aliphatic carbocycles. The normalized spacial score (nSPS) is 19.5. The lowest BCUT2D eigenvalue weighted by molar-refractivity contribution is 0.246. The Bertz CT molecular complexity index is 1440. The molecule has 0 unspecified atom stereocenters. The summed E-state index contributed by atoms with van der Waals surface area (Å²) in [6.45, 7) is 7.47. The summed E-state index contributed by atoms with van der Waals surface area (Å²) < 4.78 is 1.83. The Morgan fingerprint density at radius 2 is 1.83 bits per heavy atom. The third-order valence-corrected chi connectivity index (χ3v) is 9.03. The highest BCUT2D eigenvalue weighted by Crippen LogP contribution is 2.37. The molecule has 5 heterocycles. The largest absolute Gasteiger partial charge is 0.354 e. The first-order valence-electron chi connectivity index (χ1n) is 12.8. The second kappa shape index (κ2) is 8.69. The SMILES string of the molecule is O=c1c2c3c(sc2ncn1CCN1CCN(c2nccc4ccccc24)CC1)CN(C1CC1)CC3. The van der Waals surface area contributed by atoms with E-state index in [1.807, 2.05) is 10.8 Å². The molecular formula is C27H30N6OS. The molecule has 8 heteroatoms. The number of pyridine rings is 1. The second-order valence-corrected chi connectivity index (χ2v) is 11.1. The van der Waals surface area contributed by atoms with E-state index in [1.165, 1.54) is 34.1 Å². The molecule has 0 amide bonds. The summed E-state index contributed by atoms with van der Waals surface area (Å²) in [5.74, 6) is 1.08. The van der Waals surface area contributed by atoms with E-state index in [4.69, 9.17) is 4.98 Å². The van der Waals surface area contributed by atoms with Gasteiger partial charge in [0.25, 0.3) is 5.56 Å². The fourth-order valence-corrected chi connectivity index (χ4v) is 6.94. The van der Waals surface area contributed by atoms with E-state index < -0.39 is 0 Å². The van der Waals surface area contributed by atoms with Gasteiger partial charge in [0.1, 0.15) is 10.6 Å². The zero-order valence-electron chi connectivity index (χ0n) is 19.9. The van der Waals surface area contributed by atoms with Gasteiger partial charge in [-0.2, -0.15) is 0 Å². The number of aromatic nitrogens is 3. The van der Waals surface area contributed by atoms with Crippen molar-refractivity contribution in [1.82, 2.24) is 24.3 Å². The van der Waals surface area contributed by atoms with Gasteiger partial charge in [0.2, 0.25) is 0 Å². The monoisotopic (exact) mass is 486 g/mol. The van der Waals surface area contributed by atoms with E-state index in [0.29, 0.717) is 6.54 Å². The standard InChI is InChI=1S/C27H30N6OS/c34-27-24-22-8-10-32(20-5-6-20)17-23(22)35-26(24)29-18-33(27)16-13-30-11-14-31(15-12-30)25-21-4-2-1-3-19(21)7-9-28-25/h1-4,7,9,18,20H,5-6,8,10-17H2. The van der Waals surface area contributed by atoms with Crippen molar-refractivity contribution in [2.24, 2.45) is 0 Å². The summed E-state index contributed by atoms with van der Waals surface area (Å²) in [5, 5.41) is 3.33. The Kier molecular flexibility index (Phi) is 5.33. The third kappa shape index (κ3) is 3.93. The molecule has 0 bridgehead atoms. The molecular weight excluding hydrogens is 456 g/mol. The van der Waals surface area contributed by atoms with Crippen molar-refractivity contribution in [3.63, 3.8) is 0 Å². The van der Waals surface area contributed by atoms with Crippen molar-refractivity contribution >= 4 is 38.1 Å². The van der Waals surface area contributed by atoms with E-state index in [2.05, 4.69) is 50.0 Å². The smallest absolute Gasteiger partial charge is 0.262 e. The molecule has 0 spiro atoms. The predicted octanol–water partition coefficient (Wildman–Crippen LogP) is 3.35. The van der Waals surface area contributed by atoms with E-state index >= 15 is 0 Å². The molecule has 7 rings (SSSR count). The lowest BCUT2D eigenvalue weighted by atomic mass is 10.1. The maximum absolute atomic E-state index is 13.4. The molecule has 2 fully saturated rings. The Balaban J connectivity index is 1.03. The average molecular weight is 487 g/mol. The first-order chi connectivity index (χ1) is 17.2. The molecule has 1 saturated heterocycles. The van der Waals surface area contributed by atoms with E-state index in [-0.39, 0.29) is 5.56 Å². The molecule has 7 nitrogen and oxygen atoms in total. The topological polar surface area (TPSA) is 57.5 Å². The minimum atomic E-state index is 0.144. The number of hydrogen-bond acceptors (Lipinski definition) is 7. The zero-order chi connectivity index (χ0) is 23.4. The van der Waals surface area contributed by atoms with Gasteiger partial charge in [-0.3, -0.25) is 19.2 Å². The summed E-state index contributed by atoms with van der Waals surface area (Å²) in [6.07, 6.45) is 7.32. The highest BCUT2D eigenvalue weighted by molar-refractivity contribution is 7.18. The van der Waals surface area contributed by atoms with Crippen LogP contribution in [0.3, 0.4) is 0 Å². The van der Waals surface area contributed by atoms with Gasteiger partial charge >= 0.3 is 0 Å². The molecule has 2 aliphatic heterocycles. The maximum Gasteiger partial charge on any atom is 0.262 e. The van der Waals surface area contributed by atoms with Crippen molar-refractivity contribution in [3.05, 3.63) is 63.7 Å². The van der Waals surface area contributed by atoms with Crippen LogP contribution in [0.4, 0.5) is 5.82 Å². The van der Waals surface area contributed by atoms with E-state index in [1.54, 1.807) is 17.7 Å². The van der Waals surface area contributed by atoms with Crippen LogP contribution in [-0.4, -0.2) is 69.6 Å². The van der Waals surface area contributed by atoms with Crippen LogP contribution in [0.15, 0.2) is 47.7 Å². The van der Waals surface area contributed by atoms with Crippen molar-refractivity contribution in [2.75, 3.05) is 44.2 Å². The minimum absolute atomic E-state index is 0.144. The first kappa shape index (κ1) is 21.5. The number of thiophene rings is 1. The summed E-state index contributed by atoms with van der Waals surface area (Å²) in [4.78, 5) is 32.5. The van der Waals surface area contributed by atoms with Gasteiger partial charge in [0, 0.05) is 74.9 Å². The van der Waals surface area contributed by atoms with Crippen molar-refractivity contribution in [3.8, 4) is 0 Å². The Morgan fingerprint density at radius 1 is 0.971 bits per heavy atom. The average Bonchev–Trinajstić information content (AvgIpc) is 3.68. The highest BCUT2D eigenvalue weighted by Gasteiger charge is 2.33. The summed E-state index contributed by atoms with van der Waals surface area (Å²) in [6, 6.07) is 11.3. The summed E-state index contributed by atoms with van der Waals surface area (Å²) in [5.41, 5.74) is 1.41. The van der Waals surface area contributed by atoms with Crippen LogP contribution in [0, 0.1) is 0 Å². The maximum atomic E-state index is 13.4. The molecule has 1 aromatic carbocycles. The Labute approximate surface area is 208 Å². The van der Waals surface area contributed by atoms with Crippen LogP contribution in [0.25, 0.3) is 21.0 Å². The molecule has 3 aliphatic rings. The zero-order valence-corrected chi connectivity index (χ0v) is 20.7. The first-order valence-corrected chi connectivity index (χ1v) is 13.6. The molecule has 180 valence electrons. The van der Waals surface area contributed by atoms with Gasteiger partial charge in [-0.05, 0) is 36.3 Å². The minimum Gasteiger partial charge on any atom is -0.354 e. The molecule has 0 atom stereocenters. The summed E-state index contributed by atoms with van der Waals surface area (Å²) in [7, 11) is 0. The van der Waals surface area contributed by atoms with Crippen molar-refractivity contribution in [1.29, 1.82) is 0 Å². The molecule has 0 N–H and O–H groups in total. The van der Waals surface area contributed by atoms with E-state index in [0.717, 1.165) is 74.3 Å². The number of fused-ring (bicyclic) bond motifs is 4. The lowest BCUT2D eigenvalue weighted by Gasteiger charge is -2.35. The van der Waals surface area contributed by atoms with Crippen molar-refractivity contribution in [2.45, 2.75) is 38.4 Å². The van der Waals surface area contributed by atoms with Gasteiger partial charge in [0.05, 0.1) is 11.7 Å². The van der Waals surface area contributed by atoms with Crippen LogP contribution in [0.5, 0.6) is 0 Å². The number of nitrogens with zero attached hydrogens (tertiary/aromatic N) is 6. The van der Waals surface area contributed by atoms with E-state index in [9.17, 15) is 4.79 Å². The number of anilines is 1. The Hall–Kier alpha value is -2.81. The highest BCUT2D eigenvalue weighted by atomic mass is 32.1. The van der Waals surface area contributed by atoms with Gasteiger partial charge in [0.15, 0.2) is 0 Å². The molecule has 35 heavy (non-hydrogen) atoms. The number of piperazine rings is 1. The molecule has 0 radical (unpaired) electrons. The fraction of sp³-hybridized carbons (Fsp3) is 0.444. The van der Waals surface area contributed by atoms with Crippen LogP contribution < -0.4 is 10.5 Å². The van der Waals surface area contributed by atoms with Crippen LogP contribution in [0.1, 0.15) is 23.3 Å². The van der Waals surface area contributed by atoms with Crippen LogP contribution in [-0.2, 0) is 19.5 Å². The van der Waals surface area contributed by atoms with Crippen molar-refractivity contribution < 1.29 is 0 Å². The van der Waals surface area contributed by atoms with Gasteiger partial charge in [-0.1, -0.05) is 24.3 Å². The number of benzene rings is 1. The second-order valence-electron chi connectivity index (χ2n) is 10.1. The Morgan fingerprint density at radius 3 is 2.69 bits per heavy atom. The fourth-order valence-electron chi connectivity index (χ4n) is 5.74. The molecule has 4 aromatic rings. The lowest BCUT2D eigenvalue weighted by Crippen LogP contribution is -2.47. The number of hydrogen-bond donors (Lipinski definition) is 0. The summed E-state index contributed by atoms with van der Waals surface area (Å²) >= 11 is 1.73. The van der Waals surface area contributed by atoms with Gasteiger partial charge < -0.3 is 4.90 Å². The van der Waals surface area contributed by atoms with Crippen LogP contribution >= 0.6 is 11.3 Å². The third-order valence-electron chi connectivity index (χ3n) is 7.90.